The van der Waals surface area contributed by atoms with E-state index < -0.39 is 0 Å². The van der Waals surface area contributed by atoms with Crippen molar-refractivity contribution in [1.82, 2.24) is 0 Å². The van der Waals surface area contributed by atoms with Gasteiger partial charge in [0.05, 0.1) is 6.04 Å². The maximum Gasteiger partial charge on any atom is 0.224 e. The van der Waals surface area contributed by atoms with Gasteiger partial charge in [-0.1, -0.05) is 51.1 Å². The highest BCUT2D eigenvalue weighted by Crippen LogP contribution is 2.38. The fraction of sp³-hybridized carbons (Fsp3) is 0.458. The molecule has 0 aromatic heterocycles. The number of carbonyl (C=O) groups excluding carboxylic acids is 1. The molecule has 1 amide bonds. The molecule has 0 aliphatic carbocycles. The van der Waals surface area contributed by atoms with Gasteiger partial charge in [0.25, 0.3) is 0 Å². The average Bonchev–Trinajstić information content (AvgIpc) is 2.57. The molecule has 144 valence electrons. The lowest BCUT2D eigenvalue weighted by atomic mass is 9.89. The Morgan fingerprint density at radius 1 is 1.15 bits per heavy atom. The molecule has 3 rings (SSSR count). The predicted octanol–water partition coefficient (Wildman–Crippen LogP) is 5.80. The van der Waals surface area contributed by atoms with Crippen LogP contribution in [0.4, 0.5) is 11.4 Å². The summed E-state index contributed by atoms with van der Waals surface area (Å²) in [4.78, 5) is 14.8. The molecule has 0 spiro atoms. The highest BCUT2D eigenvalue weighted by molar-refractivity contribution is 5.92. The quantitative estimate of drug-likeness (QED) is 0.746. The van der Waals surface area contributed by atoms with Crippen LogP contribution >= 0.6 is 0 Å². The van der Waals surface area contributed by atoms with Crippen molar-refractivity contribution < 1.29 is 4.79 Å². The molecule has 3 heteroatoms. The van der Waals surface area contributed by atoms with Gasteiger partial charge >= 0.3 is 0 Å². The molecule has 0 saturated carbocycles. The molecule has 1 atom stereocenters. The molecule has 2 aromatic rings. The summed E-state index contributed by atoms with van der Waals surface area (Å²) in [6.45, 7) is 10.5. The summed E-state index contributed by atoms with van der Waals surface area (Å²) in [5.41, 5.74) is 7.31. The van der Waals surface area contributed by atoms with E-state index in [1.54, 1.807) is 0 Å². The highest BCUT2D eigenvalue weighted by Gasteiger charge is 2.25. The Hall–Kier alpha value is -2.29. The van der Waals surface area contributed by atoms with E-state index in [2.05, 4.69) is 88.3 Å². The van der Waals surface area contributed by atoms with Crippen LogP contribution in [0.5, 0.6) is 0 Å². The van der Waals surface area contributed by atoms with Gasteiger partial charge in [0.1, 0.15) is 0 Å². The number of aryl methyl sites for hydroxylation is 3. The highest BCUT2D eigenvalue weighted by atomic mass is 16.1. The largest absolute Gasteiger partial charge is 0.367 e. The van der Waals surface area contributed by atoms with Crippen LogP contribution in [-0.4, -0.2) is 13.0 Å². The first-order chi connectivity index (χ1) is 12.7. The average molecular weight is 365 g/mol. The summed E-state index contributed by atoms with van der Waals surface area (Å²) in [7, 11) is 2.19. The molecular weight excluding hydrogens is 332 g/mol. The van der Waals surface area contributed by atoms with Gasteiger partial charge in [0.15, 0.2) is 0 Å². The summed E-state index contributed by atoms with van der Waals surface area (Å²) in [5.74, 6) is 0.0881. The van der Waals surface area contributed by atoms with E-state index in [0.717, 1.165) is 29.7 Å². The minimum atomic E-state index is -0.00989. The monoisotopic (exact) mass is 364 g/mol. The van der Waals surface area contributed by atoms with Crippen molar-refractivity contribution in [1.29, 1.82) is 0 Å². The third kappa shape index (κ3) is 4.35. The second-order valence-electron chi connectivity index (χ2n) is 9.11. The van der Waals surface area contributed by atoms with Crippen molar-refractivity contribution in [3.63, 3.8) is 0 Å². The van der Waals surface area contributed by atoms with E-state index in [1.807, 2.05) is 0 Å². The molecule has 3 nitrogen and oxygen atoms in total. The number of fused-ring (bicyclic) bond motifs is 1. The van der Waals surface area contributed by atoms with Crippen LogP contribution in [0.3, 0.4) is 0 Å². The summed E-state index contributed by atoms with van der Waals surface area (Å²) in [6.07, 6.45) is 2.74. The third-order valence-corrected chi connectivity index (χ3v) is 5.42. The van der Waals surface area contributed by atoms with Crippen LogP contribution in [-0.2, 0) is 11.2 Å². The standard InChI is InChI=1S/C24H32N2O/c1-16-13-19(14-17(2)23(16)25-22(27)15-24(3,4)5)21-12-11-18-9-7-8-10-20(18)26(21)6/h7-10,13-14,21H,11-12,15H2,1-6H3,(H,25,27). The topological polar surface area (TPSA) is 32.3 Å². The van der Waals surface area contributed by atoms with Gasteiger partial charge in [-0.3, -0.25) is 4.79 Å². The first kappa shape index (κ1) is 19.5. The Bertz CT molecular complexity index is 825. The molecule has 1 heterocycles. The van der Waals surface area contributed by atoms with E-state index in [1.165, 1.54) is 16.8 Å². The van der Waals surface area contributed by atoms with Gasteiger partial charge in [-0.05, 0) is 60.4 Å². The van der Waals surface area contributed by atoms with Crippen molar-refractivity contribution in [3.05, 3.63) is 58.7 Å². The normalized spacial score (nSPS) is 16.8. The maximum absolute atomic E-state index is 12.4. The van der Waals surface area contributed by atoms with Gasteiger partial charge in [0, 0.05) is 24.8 Å². The van der Waals surface area contributed by atoms with E-state index in [0.29, 0.717) is 12.5 Å². The first-order valence-corrected chi connectivity index (χ1v) is 9.87. The number of hydrogen-bond acceptors (Lipinski definition) is 2. The Morgan fingerprint density at radius 3 is 2.41 bits per heavy atom. The van der Waals surface area contributed by atoms with E-state index >= 15 is 0 Å². The van der Waals surface area contributed by atoms with Gasteiger partial charge in [-0.2, -0.15) is 0 Å². The van der Waals surface area contributed by atoms with Crippen molar-refractivity contribution in [2.45, 2.75) is 59.9 Å². The lowest BCUT2D eigenvalue weighted by molar-refractivity contribution is -0.117. The van der Waals surface area contributed by atoms with Crippen molar-refractivity contribution in [2.75, 3.05) is 17.3 Å². The fourth-order valence-corrected chi connectivity index (χ4v) is 4.16. The number of carbonyl (C=O) groups is 1. The Balaban J connectivity index is 1.84. The Morgan fingerprint density at radius 2 is 1.78 bits per heavy atom. The number of nitrogens with one attached hydrogen (secondary N) is 1. The number of hydrogen-bond donors (Lipinski definition) is 1. The van der Waals surface area contributed by atoms with Crippen LogP contribution in [0.1, 0.15) is 61.9 Å². The van der Waals surface area contributed by atoms with Crippen LogP contribution < -0.4 is 10.2 Å². The molecular formula is C24H32N2O. The van der Waals surface area contributed by atoms with Crippen LogP contribution in [0.2, 0.25) is 0 Å². The lowest BCUT2D eigenvalue weighted by Gasteiger charge is -2.37. The SMILES string of the molecule is Cc1cc(C2CCc3ccccc3N2C)cc(C)c1NC(=O)CC(C)(C)C. The molecule has 0 saturated heterocycles. The number of rotatable bonds is 3. The molecule has 27 heavy (non-hydrogen) atoms. The summed E-state index contributed by atoms with van der Waals surface area (Å²) in [5, 5.41) is 3.14. The first-order valence-electron chi connectivity index (χ1n) is 9.87. The second-order valence-corrected chi connectivity index (χ2v) is 9.11. The van der Waals surface area contributed by atoms with Gasteiger partial charge in [0.2, 0.25) is 5.91 Å². The number of nitrogens with zero attached hydrogens (tertiary/aromatic N) is 1. The zero-order chi connectivity index (χ0) is 19.8. The molecule has 2 aromatic carbocycles. The molecule has 0 fully saturated rings. The van der Waals surface area contributed by atoms with Crippen molar-refractivity contribution in [3.8, 4) is 0 Å². The van der Waals surface area contributed by atoms with Gasteiger partial charge in [-0.25, -0.2) is 0 Å². The molecule has 0 bridgehead atoms. The smallest absolute Gasteiger partial charge is 0.224 e. The zero-order valence-corrected chi connectivity index (χ0v) is 17.5. The fourth-order valence-electron chi connectivity index (χ4n) is 4.16. The van der Waals surface area contributed by atoms with Crippen LogP contribution in [0.25, 0.3) is 0 Å². The second kappa shape index (κ2) is 7.38. The van der Waals surface area contributed by atoms with Crippen LogP contribution in [0, 0.1) is 19.3 Å². The predicted molar refractivity (Wildman–Crippen MR) is 115 cm³/mol. The van der Waals surface area contributed by atoms with Gasteiger partial charge < -0.3 is 10.2 Å². The Labute approximate surface area is 163 Å². The van der Waals surface area contributed by atoms with Crippen molar-refractivity contribution >= 4 is 17.3 Å². The van der Waals surface area contributed by atoms with Gasteiger partial charge in [-0.15, -0.1) is 0 Å². The number of para-hydroxylation sites is 1. The van der Waals surface area contributed by atoms with Crippen molar-refractivity contribution in [2.24, 2.45) is 5.41 Å². The number of anilines is 2. The molecule has 1 aliphatic rings. The number of amides is 1. The van der Waals surface area contributed by atoms with Crippen LogP contribution in [0.15, 0.2) is 36.4 Å². The summed E-state index contributed by atoms with van der Waals surface area (Å²) in [6, 6.07) is 13.5. The van der Waals surface area contributed by atoms with E-state index in [4.69, 9.17) is 0 Å². The molecule has 1 N–H and O–H groups in total. The molecule has 1 unspecified atom stereocenters. The molecule has 0 radical (unpaired) electrons. The summed E-state index contributed by atoms with van der Waals surface area (Å²) >= 11 is 0. The zero-order valence-electron chi connectivity index (χ0n) is 17.5. The Kier molecular flexibility index (Phi) is 5.32. The molecule has 1 aliphatic heterocycles. The minimum Gasteiger partial charge on any atom is -0.367 e. The summed E-state index contributed by atoms with van der Waals surface area (Å²) < 4.78 is 0. The lowest BCUT2D eigenvalue weighted by Crippen LogP contribution is -2.29. The maximum atomic E-state index is 12.4. The minimum absolute atomic E-state index is 0.00989. The van der Waals surface area contributed by atoms with E-state index in [9.17, 15) is 4.79 Å². The number of benzene rings is 2. The third-order valence-electron chi connectivity index (χ3n) is 5.42. The van der Waals surface area contributed by atoms with E-state index in [-0.39, 0.29) is 11.3 Å².